The van der Waals surface area contributed by atoms with Gasteiger partial charge in [-0.1, -0.05) is 38.8 Å². The van der Waals surface area contributed by atoms with Gasteiger partial charge in [-0.05, 0) is 67.7 Å². The maximum Gasteiger partial charge on any atom is 0.338 e. The predicted molar refractivity (Wildman–Crippen MR) is 108 cm³/mol. The van der Waals surface area contributed by atoms with Gasteiger partial charge in [-0.15, -0.1) is 0 Å². The monoisotopic (exact) mass is 369 g/mol. The van der Waals surface area contributed by atoms with Crippen LogP contribution in [0.25, 0.3) is 0 Å². The van der Waals surface area contributed by atoms with Gasteiger partial charge in [0.1, 0.15) is 0 Å². The summed E-state index contributed by atoms with van der Waals surface area (Å²) in [6.45, 7) is 11.4. The molecule has 0 spiro atoms. The summed E-state index contributed by atoms with van der Waals surface area (Å²) in [5, 5.41) is 3.03. The minimum atomic E-state index is -0.340. The molecule has 0 aliphatic heterocycles. The Kier molecular flexibility index (Phi) is 5.20. The van der Waals surface area contributed by atoms with Crippen LogP contribution >= 0.6 is 0 Å². The van der Waals surface area contributed by atoms with Crippen LogP contribution in [0.15, 0.2) is 35.4 Å². The average molecular weight is 370 g/mol. The van der Waals surface area contributed by atoms with E-state index in [1.54, 1.807) is 31.2 Å². The normalized spacial score (nSPS) is 20.9. The van der Waals surface area contributed by atoms with Gasteiger partial charge < -0.3 is 10.1 Å². The van der Waals surface area contributed by atoms with Crippen LogP contribution in [-0.4, -0.2) is 18.5 Å². The van der Waals surface area contributed by atoms with Gasteiger partial charge in [-0.25, -0.2) is 4.79 Å². The number of hydrogen-bond acceptors (Lipinski definition) is 3. The summed E-state index contributed by atoms with van der Waals surface area (Å²) in [4.78, 5) is 24.6. The Morgan fingerprint density at radius 2 is 1.52 bits per heavy atom. The Morgan fingerprint density at radius 3 is 2.00 bits per heavy atom. The standard InChI is InChI=1S/C23H31NO3/c1-6-27-21(26)15-7-9-17(10-8-15)24-20(25)16-13-18-19(14-16)23(4,5)12-11-22(18,2)3/h7-10,16H,6,11-14H2,1-5H3,(H,24,25). The van der Waals surface area contributed by atoms with Gasteiger partial charge in [0.15, 0.2) is 0 Å². The molecule has 0 radical (unpaired) electrons. The zero-order valence-corrected chi connectivity index (χ0v) is 17.1. The minimum Gasteiger partial charge on any atom is -0.462 e. The van der Waals surface area contributed by atoms with E-state index in [4.69, 9.17) is 4.74 Å². The van der Waals surface area contributed by atoms with Gasteiger partial charge >= 0.3 is 5.97 Å². The molecule has 2 aliphatic carbocycles. The van der Waals surface area contributed by atoms with E-state index >= 15 is 0 Å². The van der Waals surface area contributed by atoms with Gasteiger partial charge in [0.05, 0.1) is 12.2 Å². The Bertz CT molecular complexity index is 743. The first-order valence-corrected chi connectivity index (χ1v) is 9.95. The van der Waals surface area contributed by atoms with Crippen LogP contribution in [-0.2, 0) is 9.53 Å². The second-order valence-electron chi connectivity index (χ2n) is 9.12. The van der Waals surface area contributed by atoms with Crippen LogP contribution < -0.4 is 5.32 Å². The summed E-state index contributed by atoms with van der Waals surface area (Å²) < 4.78 is 4.99. The highest BCUT2D eigenvalue weighted by molar-refractivity contribution is 5.94. The molecule has 4 heteroatoms. The fraction of sp³-hybridized carbons (Fsp3) is 0.565. The Hall–Kier alpha value is -2.10. The Balaban J connectivity index is 1.67. The first-order valence-electron chi connectivity index (χ1n) is 9.95. The summed E-state index contributed by atoms with van der Waals surface area (Å²) >= 11 is 0. The maximum atomic E-state index is 12.9. The number of amides is 1. The van der Waals surface area contributed by atoms with Crippen molar-refractivity contribution in [3.05, 3.63) is 41.0 Å². The van der Waals surface area contributed by atoms with Crippen LogP contribution in [0.4, 0.5) is 5.69 Å². The second kappa shape index (κ2) is 7.14. The third kappa shape index (κ3) is 3.95. The predicted octanol–water partition coefficient (Wildman–Crippen LogP) is 5.35. The molecule has 146 valence electrons. The second-order valence-corrected chi connectivity index (χ2v) is 9.12. The van der Waals surface area contributed by atoms with Crippen molar-refractivity contribution in [3.8, 4) is 0 Å². The van der Waals surface area contributed by atoms with Crippen molar-refractivity contribution in [2.24, 2.45) is 16.7 Å². The lowest BCUT2D eigenvalue weighted by Crippen LogP contribution is -2.28. The number of allylic oxidation sites excluding steroid dienone is 2. The smallest absolute Gasteiger partial charge is 0.338 e. The Morgan fingerprint density at radius 1 is 1.00 bits per heavy atom. The van der Waals surface area contributed by atoms with Crippen molar-refractivity contribution in [3.63, 3.8) is 0 Å². The fourth-order valence-corrected chi connectivity index (χ4v) is 4.44. The van der Waals surface area contributed by atoms with E-state index in [0.29, 0.717) is 12.2 Å². The average Bonchev–Trinajstić information content (AvgIpc) is 3.08. The number of esters is 1. The highest BCUT2D eigenvalue weighted by Gasteiger charge is 2.45. The quantitative estimate of drug-likeness (QED) is 0.574. The summed E-state index contributed by atoms with van der Waals surface area (Å²) in [5.41, 5.74) is 4.60. The molecule has 4 nitrogen and oxygen atoms in total. The maximum absolute atomic E-state index is 12.9. The molecule has 1 aromatic rings. The minimum absolute atomic E-state index is 0.00335. The highest BCUT2D eigenvalue weighted by atomic mass is 16.5. The van der Waals surface area contributed by atoms with E-state index in [2.05, 4.69) is 33.0 Å². The molecule has 0 fully saturated rings. The zero-order chi connectivity index (χ0) is 19.8. The lowest BCUT2D eigenvalue weighted by molar-refractivity contribution is -0.119. The molecule has 0 atom stereocenters. The molecule has 0 unspecified atom stereocenters. The molecule has 1 N–H and O–H groups in total. The van der Waals surface area contributed by atoms with Crippen LogP contribution in [0.5, 0.6) is 0 Å². The summed E-state index contributed by atoms with van der Waals surface area (Å²) in [5.74, 6) is -0.274. The molecule has 2 aliphatic rings. The van der Waals surface area contributed by atoms with Crippen molar-refractivity contribution >= 4 is 17.6 Å². The molecule has 27 heavy (non-hydrogen) atoms. The number of ether oxygens (including phenoxy) is 1. The van der Waals surface area contributed by atoms with Crippen LogP contribution in [0.2, 0.25) is 0 Å². The molecule has 1 aromatic carbocycles. The van der Waals surface area contributed by atoms with Crippen LogP contribution in [0.1, 0.15) is 70.7 Å². The van der Waals surface area contributed by atoms with Crippen molar-refractivity contribution < 1.29 is 14.3 Å². The number of benzene rings is 1. The molecular weight excluding hydrogens is 338 g/mol. The van der Waals surface area contributed by atoms with E-state index < -0.39 is 0 Å². The highest BCUT2D eigenvalue weighted by Crippen LogP contribution is 2.56. The summed E-state index contributed by atoms with van der Waals surface area (Å²) in [7, 11) is 0. The third-order valence-electron chi connectivity index (χ3n) is 6.31. The molecule has 3 rings (SSSR count). The molecule has 0 aromatic heterocycles. The van der Waals surface area contributed by atoms with Crippen molar-refractivity contribution in [1.82, 2.24) is 0 Å². The number of rotatable bonds is 4. The van der Waals surface area contributed by atoms with Crippen molar-refractivity contribution in [2.75, 3.05) is 11.9 Å². The molecule has 1 amide bonds. The van der Waals surface area contributed by atoms with Crippen LogP contribution in [0.3, 0.4) is 0 Å². The SMILES string of the molecule is CCOC(=O)c1ccc(NC(=O)C2CC3=C(C2)C(C)(C)CCC3(C)C)cc1. The van der Waals surface area contributed by atoms with E-state index in [1.165, 1.54) is 24.0 Å². The molecule has 0 saturated carbocycles. The Labute approximate surface area is 162 Å². The van der Waals surface area contributed by atoms with E-state index in [1.807, 2.05) is 0 Å². The zero-order valence-electron chi connectivity index (χ0n) is 17.1. The van der Waals surface area contributed by atoms with Gasteiger partial charge in [0.2, 0.25) is 5.91 Å². The van der Waals surface area contributed by atoms with E-state index in [9.17, 15) is 9.59 Å². The van der Waals surface area contributed by atoms with Crippen LogP contribution in [0, 0.1) is 16.7 Å². The number of hydrogen-bond donors (Lipinski definition) is 1. The van der Waals surface area contributed by atoms with Crippen molar-refractivity contribution in [2.45, 2.75) is 60.3 Å². The number of carbonyl (C=O) groups is 2. The molecular formula is C23H31NO3. The lowest BCUT2D eigenvalue weighted by atomic mass is 9.64. The van der Waals surface area contributed by atoms with Gasteiger partial charge in [0.25, 0.3) is 0 Å². The van der Waals surface area contributed by atoms with Gasteiger partial charge in [-0.2, -0.15) is 0 Å². The molecule has 0 saturated heterocycles. The molecule has 0 bridgehead atoms. The topological polar surface area (TPSA) is 55.4 Å². The van der Waals surface area contributed by atoms with E-state index in [-0.39, 0.29) is 28.6 Å². The first-order chi connectivity index (χ1) is 12.6. The number of nitrogens with one attached hydrogen (secondary N) is 1. The largest absolute Gasteiger partial charge is 0.462 e. The summed E-state index contributed by atoms with van der Waals surface area (Å²) in [6, 6.07) is 6.91. The fourth-order valence-electron chi connectivity index (χ4n) is 4.44. The lowest BCUT2D eigenvalue weighted by Gasteiger charge is -2.41. The van der Waals surface area contributed by atoms with E-state index in [0.717, 1.165) is 18.5 Å². The third-order valence-corrected chi connectivity index (χ3v) is 6.31. The first kappa shape index (κ1) is 19.7. The van der Waals surface area contributed by atoms with Crippen molar-refractivity contribution in [1.29, 1.82) is 0 Å². The number of anilines is 1. The summed E-state index contributed by atoms with van der Waals surface area (Å²) in [6.07, 6.45) is 4.09. The van der Waals surface area contributed by atoms with Gasteiger partial charge in [-0.3, -0.25) is 4.79 Å². The number of carbonyl (C=O) groups excluding carboxylic acids is 2. The van der Waals surface area contributed by atoms with Gasteiger partial charge in [0, 0.05) is 11.6 Å². The molecule has 0 heterocycles.